The van der Waals surface area contributed by atoms with Crippen LogP contribution in [0.25, 0.3) is 16.6 Å². The van der Waals surface area contributed by atoms with E-state index < -0.39 is 0 Å². The van der Waals surface area contributed by atoms with Gasteiger partial charge in [-0.15, -0.1) is 16.4 Å². The van der Waals surface area contributed by atoms with Crippen LogP contribution in [-0.2, 0) is 11.3 Å². The summed E-state index contributed by atoms with van der Waals surface area (Å²) in [5.74, 6) is 0.929. The fourth-order valence-corrected chi connectivity index (χ4v) is 5.21. The fourth-order valence-electron chi connectivity index (χ4n) is 4.44. The van der Waals surface area contributed by atoms with Crippen LogP contribution >= 0.6 is 22.9 Å². The first-order chi connectivity index (χ1) is 16.0. The van der Waals surface area contributed by atoms with Crippen LogP contribution in [0, 0.1) is 19.8 Å². The van der Waals surface area contributed by atoms with Crippen LogP contribution in [0.1, 0.15) is 29.1 Å². The Morgan fingerprint density at radius 2 is 1.91 bits per heavy atom. The average Bonchev–Trinajstić information content (AvgIpc) is 3.47. The first-order valence-corrected chi connectivity index (χ1v) is 12.3. The second-order valence-corrected chi connectivity index (χ2v) is 9.83. The molecule has 4 heterocycles. The molecule has 5 rings (SSSR count). The molecule has 0 unspecified atom stereocenters. The highest BCUT2D eigenvalue weighted by Gasteiger charge is 2.28. The highest BCUT2D eigenvalue weighted by Crippen LogP contribution is 2.31. The number of thiophene rings is 1. The summed E-state index contributed by atoms with van der Waals surface area (Å²) in [5.41, 5.74) is 3.66. The smallest absolute Gasteiger partial charge is 0.223 e. The Morgan fingerprint density at radius 1 is 1.15 bits per heavy atom. The lowest BCUT2D eigenvalue weighted by molar-refractivity contribution is -0.125. The van der Waals surface area contributed by atoms with E-state index >= 15 is 0 Å². The molecule has 0 atom stereocenters. The van der Waals surface area contributed by atoms with Crippen LogP contribution < -0.4 is 10.2 Å². The molecule has 7 nitrogen and oxygen atoms in total. The molecule has 1 amide bonds. The molecule has 33 heavy (non-hydrogen) atoms. The Labute approximate surface area is 201 Å². The van der Waals surface area contributed by atoms with Gasteiger partial charge in [-0.1, -0.05) is 17.7 Å². The third-order valence-corrected chi connectivity index (χ3v) is 7.37. The number of aryl methyl sites for hydroxylation is 2. The molecule has 1 fully saturated rings. The number of rotatable bonds is 5. The lowest BCUT2D eigenvalue weighted by Gasteiger charge is -2.31. The third-order valence-electron chi connectivity index (χ3n) is 6.24. The summed E-state index contributed by atoms with van der Waals surface area (Å²) in [6.45, 7) is 6.10. The van der Waals surface area contributed by atoms with Gasteiger partial charge in [0.05, 0.1) is 29.0 Å². The lowest BCUT2D eigenvalue weighted by atomic mass is 9.96. The summed E-state index contributed by atoms with van der Waals surface area (Å²) in [4.78, 5) is 16.0. The summed E-state index contributed by atoms with van der Waals surface area (Å²) in [7, 11) is 0. The normalized spacial score (nSPS) is 14.7. The van der Waals surface area contributed by atoms with Gasteiger partial charge in [-0.3, -0.25) is 4.79 Å². The number of carbonyl (C=O) groups is 1. The minimum Gasteiger partial charge on any atom is -0.353 e. The molecule has 1 N–H and O–H groups in total. The van der Waals surface area contributed by atoms with Crippen LogP contribution in [0.2, 0.25) is 5.02 Å². The van der Waals surface area contributed by atoms with E-state index in [1.54, 1.807) is 11.3 Å². The summed E-state index contributed by atoms with van der Waals surface area (Å²) in [5, 5.41) is 20.7. The quantitative estimate of drug-likeness (QED) is 0.449. The van der Waals surface area contributed by atoms with Crippen molar-refractivity contribution in [3.63, 3.8) is 0 Å². The summed E-state index contributed by atoms with van der Waals surface area (Å²) >= 11 is 7.72. The molecule has 0 spiro atoms. The highest BCUT2D eigenvalue weighted by molar-refractivity contribution is 7.09. The number of nitrogens with one attached hydrogen (secondary N) is 1. The van der Waals surface area contributed by atoms with E-state index in [-0.39, 0.29) is 11.8 Å². The second-order valence-electron chi connectivity index (χ2n) is 8.36. The summed E-state index contributed by atoms with van der Waals surface area (Å²) in [6, 6.07) is 11.7. The van der Waals surface area contributed by atoms with Crippen molar-refractivity contribution in [1.82, 2.24) is 25.3 Å². The Balaban J connectivity index is 1.35. The van der Waals surface area contributed by atoms with Gasteiger partial charge in [0.2, 0.25) is 5.91 Å². The third kappa shape index (κ3) is 4.32. The van der Waals surface area contributed by atoms with E-state index in [0.29, 0.717) is 11.6 Å². The van der Waals surface area contributed by atoms with Crippen molar-refractivity contribution in [2.24, 2.45) is 5.92 Å². The molecule has 1 aliphatic heterocycles. The van der Waals surface area contributed by atoms with Gasteiger partial charge < -0.3 is 10.2 Å². The Hall–Kier alpha value is -2.97. The number of carbonyl (C=O) groups excluding carboxylic acids is 1. The minimum atomic E-state index is 0.0171. The molecular weight excluding hydrogens is 456 g/mol. The van der Waals surface area contributed by atoms with Gasteiger partial charge >= 0.3 is 0 Å². The molecule has 4 aromatic rings. The SMILES string of the molecule is Cc1nnc(N2CCC(C(=O)NCc3cccs3)CC2)c2nn(-c3ccc(Cl)cc3)c(C)c12. The van der Waals surface area contributed by atoms with Crippen molar-refractivity contribution in [3.8, 4) is 5.69 Å². The Morgan fingerprint density at radius 3 is 2.61 bits per heavy atom. The van der Waals surface area contributed by atoms with E-state index in [2.05, 4.69) is 20.4 Å². The Kier molecular flexibility index (Phi) is 6.03. The standard InChI is InChI=1S/C24H25ClN6OS/c1-15-21-16(2)31(19-7-5-18(25)6-8-19)29-22(21)23(28-27-15)30-11-9-17(10-12-30)24(32)26-14-20-4-3-13-33-20/h3-8,13,17H,9-12,14H2,1-2H3,(H,26,32). The summed E-state index contributed by atoms with van der Waals surface area (Å²) < 4.78 is 1.92. The summed E-state index contributed by atoms with van der Waals surface area (Å²) in [6.07, 6.45) is 1.56. The largest absolute Gasteiger partial charge is 0.353 e. The molecule has 3 aromatic heterocycles. The van der Waals surface area contributed by atoms with E-state index in [0.717, 1.165) is 59.7 Å². The van der Waals surface area contributed by atoms with Gasteiger partial charge in [-0.2, -0.15) is 10.2 Å². The van der Waals surface area contributed by atoms with Crippen molar-refractivity contribution in [1.29, 1.82) is 0 Å². The van der Waals surface area contributed by atoms with Crippen LogP contribution in [0.15, 0.2) is 41.8 Å². The molecular formula is C24H25ClN6OS. The van der Waals surface area contributed by atoms with Crippen LogP contribution in [0.3, 0.4) is 0 Å². The van der Waals surface area contributed by atoms with E-state index in [1.807, 2.05) is 60.3 Å². The van der Waals surface area contributed by atoms with Crippen molar-refractivity contribution < 1.29 is 4.79 Å². The Bertz CT molecular complexity index is 1280. The predicted octanol–water partition coefficient (Wildman–Crippen LogP) is 4.68. The number of aromatic nitrogens is 4. The number of piperidine rings is 1. The van der Waals surface area contributed by atoms with Crippen molar-refractivity contribution in [3.05, 3.63) is 63.1 Å². The first-order valence-electron chi connectivity index (χ1n) is 11.0. The van der Waals surface area contributed by atoms with E-state index in [4.69, 9.17) is 16.7 Å². The number of halogens is 1. The highest BCUT2D eigenvalue weighted by atomic mass is 35.5. The van der Waals surface area contributed by atoms with Gasteiger partial charge in [0, 0.05) is 28.9 Å². The molecule has 9 heteroatoms. The number of benzene rings is 1. The van der Waals surface area contributed by atoms with E-state index in [1.165, 1.54) is 4.88 Å². The molecule has 0 aliphatic carbocycles. The average molecular weight is 481 g/mol. The van der Waals surface area contributed by atoms with Gasteiger partial charge in [0.1, 0.15) is 5.52 Å². The van der Waals surface area contributed by atoms with Gasteiger partial charge in [-0.25, -0.2) is 4.68 Å². The molecule has 170 valence electrons. The van der Waals surface area contributed by atoms with Gasteiger partial charge in [0.25, 0.3) is 0 Å². The zero-order valence-electron chi connectivity index (χ0n) is 18.6. The first kappa shape index (κ1) is 21.9. The second kappa shape index (κ2) is 9.11. The topological polar surface area (TPSA) is 75.9 Å². The minimum absolute atomic E-state index is 0.0171. The van der Waals surface area contributed by atoms with Crippen LogP contribution in [-0.4, -0.2) is 39.0 Å². The predicted molar refractivity (Wildman–Crippen MR) is 132 cm³/mol. The maximum absolute atomic E-state index is 12.6. The van der Waals surface area contributed by atoms with Gasteiger partial charge in [0.15, 0.2) is 5.82 Å². The monoisotopic (exact) mass is 480 g/mol. The van der Waals surface area contributed by atoms with Crippen molar-refractivity contribution in [2.45, 2.75) is 33.2 Å². The zero-order valence-corrected chi connectivity index (χ0v) is 20.2. The number of amides is 1. The van der Waals surface area contributed by atoms with Crippen molar-refractivity contribution >= 4 is 45.6 Å². The zero-order chi connectivity index (χ0) is 22.9. The van der Waals surface area contributed by atoms with Crippen LogP contribution in [0.5, 0.6) is 0 Å². The fraction of sp³-hybridized carbons (Fsp3) is 0.333. The van der Waals surface area contributed by atoms with Crippen LogP contribution in [0.4, 0.5) is 5.82 Å². The number of fused-ring (bicyclic) bond motifs is 1. The number of nitrogens with zero attached hydrogens (tertiary/aromatic N) is 5. The number of anilines is 1. The maximum Gasteiger partial charge on any atom is 0.223 e. The van der Waals surface area contributed by atoms with Gasteiger partial charge in [-0.05, 0) is 62.4 Å². The van der Waals surface area contributed by atoms with Crippen molar-refractivity contribution in [2.75, 3.05) is 18.0 Å². The molecule has 1 aliphatic rings. The van der Waals surface area contributed by atoms with E-state index in [9.17, 15) is 4.79 Å². The molecule has 0 saturated carbocycles. The molecule has 0 bridgehead atoms. The number of hydrogen-bond acceptors (Lipinski definition) is 6. The number of hydrogen-bond donors (Lipinski definition) is 1. The molecule has 1 aromatic carbocycles. The maximum atomic E-state index is 12.6. The lowest BCUT2D eigenvalue weighted by Crippen LogP contribution is -2.40. The molecule has 0 radical (unpaired) electrons. The molecule has 1 saturated heterocycles.